The van der Waals surface area contributed by atoms with Crippen molar-refractivity contribution in [2.45, 2.75) is 6.54 Å². The average molecular weight is 495 g/mol. The Balaban J connectivity index is 1.17. The summed E-state index contributed by atoms with van der Waals surface area (Å²) in [7, 11) is 0. The van der Waals surface area contributed by atoms with Crippen LogP contribution in [0, 0.1) is 0 Å². The molecule has 5 aromatic rings. The van der Waals surface area contributed by atoms with Gasteiger partial charge in [0.05, 0.1) is 47.8 Å². The molecule has 2 amide bonds. The van der Waals surface area contributed by atoms with Crippen molar-refractivity contribution in [1.82, 2.24) is 24.9 Å². The van der Waals surface area contributed by atoms with Crippen molar-refractivity contribution in [1.29, 1.82) is 0 Å². The van der Waals surface area contributed by atoms with Gasteiger partial charge in [-0.05, 0) is 36.4 Å². The topological polar surface area (TPSA) is 124 Å². The fourth-order valence-corrected chi connectivity index (χ4v) is 3.64. The lowest BCUT2D eigenvalue weighted by Crippen LogP contribution is -2.31. The van der Waals surface area contributed by atoms with Crippen LogP contribution in [-0.4, -0.2) is 37.9 Å². The lowest BCUT2D eigenvalue weighted by atomic mass is 10.1. The maximum Gasteiger partial charge on any atom is 0.266 e. The molecule has 0 unspecified atom stereocenters. The molecule has 3 aromatic heterocycles. The van der Waals surface area contributed by atoms with Gasteiger partial charge in [0.15, 0.2) is 0 Å². The van der Waals surface area contributed by atoms with Gasteiger partial charge in [-0.1, -0.05) is 30.3 Å². The zero-order valence-electron chi connectivity index (χ0n) is 19.6. The summed E-state index contributed by atoms with van der Waals surface area (Å²) in [5, 5.41) is 14.2. The van der Waals surface area contributed by atoms with Crippen LogP contribution < -0.4 is 16.2 Å². The SMILES string of the molecule is O=C(NCCn1nc(-c2ccccc2)ccc1=O)c1ccc(-n2cc(NC(=O)c3ccoc3)cn2)cc1. The smallest absolute Gasteiger partial charge is 0.266 e. The third-order valence-corrected chi connectivity index (χ3v) is 5.56. The summed E-state index contributed by atoms with van der Waals surface area (Å²) in [5.74, 6) is -0.572. The van der Waals surface area contributed by atoms with Crippen molar-refractivity contribution >= 4 is 17.5 Å². The summed E-state index contributed by atoms with van der Waals surface area (Å²) < 4.78 is 7.85. The Bertz CT molecular complexity index is 1570. The molecule has 2 aromatic carbocycles. The first kappa shape index (κ1) is 23.5. The first-order valence-corrected chi connectivity index (χ1v) is 11.5. The van der Waals surface area contributed by atoms with E-state index in [2.05, 4.69) is 20.8 Å². The molecular formula is C27H22N6O4. The Morgan fingerprint density at radius 3 is 2.46 bits per heavy atom. The summed E-state index contributed by atoms with van der Waals surface area (Å²) in [5.41, 5.74) is 3.46. The molecule has 0 bridgehead atoms. The Morgan fingerprint density at radius 1 is 0.892 bits per heavy atom. The number of nitrogens with one attached hydrogen (secondary N) is 2. The van der Waals surface area contributed by atoms with E-state index in [0.717, 1.165) is 5.56 Å². The van der Waals surface area contributed by atoms with Crippen molar-refractivity contribution in [3.05, 3.63) is 119 Å². The molecular weight excluding hydrogens is 472 g/mol. The normalized spacial score (nSPS) is 10.7. The van der Waals surface area contributed by atoms with Crippen molar-refractivity contribution < 1.29 is 14.0 Å². The molecule has 0 atom stereocenters. The molecule has 5 rings (SSSR count). The number of anilines is 1. The largest absolute Gasteiger partial charge is 0.472 e. The highest BCUT2D eigenvalue weighted by atomic mass is 16.3. The van der Waals surface area contributed by atoms with Crippen LogP contribution in [0.3, 0.4) is 0 Å². The highest BCUT2D eigenvalue weighted by Gasteiger charge is 2.11. The summed E-state index contributed by atoms with van der Waals surface area (Å²) in [6.07, 6.45) is 5.99. The average Bonchev–Trinajstić information content (AvgIpc) is 3.63. The lowest BCUT2D eigenvalue weighted by Gasteiger charge is -2.09. The van der Waals surface area contributed by atoms with Crippen LogP contribution in [0.1, 0.15) is 20.7 Å². The highest BCUT2D eigenvalue weighted by molar-refractivity contribution is 6.03. The zero-order valence-corrected chi connectivity index (χ0v) is 19.6. The molecule has 0 saturated carbocycles. The molecule has 37 heavy (non-hydrogen) atoms. The summed E-state index contributed by atoms with van der Waals surface area (Å²) >= 11 is 0. The second-order valence-electron chi connectivity index (χ2n) is 8.09. The van der Waals surface area contributed by atoms with Crippen LogP contribution in [0.5, 0.6) is 0 Å². The van der Waals surface area contributed by atoms with Crippen molar-refractivity contribution in [2.24, 2.45) is 0 Å². The van der Waals surface area contributed by atoms with Crippen molar-refractivity contribution in [3.63, 3.8) is 0 Å². The number of aromatic nitrogens is 4. The minimum Gasteiger partial charge on any atom is -0.472 e. The van der Waals surface area contributed by atoms with Crippen LogP contribution in [0.4, 0.5) is 5.69 Å². The predicted octanol–water partition coefficient (Wildman–Crippen LogP) is 3.37. The number of amides is 2. The molecule has 0 spiro atoms. The molecule has 0 radical (unpaired) electrons. The van der Waals surface area contributed by atoms with Crippen molar-refractivity contribution in [2.75, 3.05) is 11.9 Å². The van der Waals surface area contributed by atoms with Gasteiger partial charge >= 0.3 is 0 Å². The van der Waals surface area contributed by atoms with Crippen molar-refractivity contribution in [3.8, 4) is 16.9 Å². The molecule has 10 heteroatoms. The highest BCUT2D eigenvalue weighted by Crippen LogP contribution is 2.15. The molecule has 0 aliphatic rings. The van der Waals surface area contributed by atoms with E-state index < -0.39 is 0 Å². The summed E-state index contributed by atoms with van der Waals surface area (Å²) in [6, 6.07) is 21.1. The zero-order chi connectivity index (χ0) is 25.6. The Morgan fingerprint density at radius 2 is 1.70 bits per heavy atom. The number of carbonyl (C=O) groups is 2. The van der Waals surface area contributed by atoms with E-state index in [1.807, 2.05) is 30.3 Å². The second-order valence-corrected chi connectivity index (χ2v) is 8.09. The van der Waals surface area contributed by atoms with Gasteiger partial charge in [0, 0.05) is 23.7 Å². The summed E-state index contributed by atoms with van der Waals surface area (Å²) in [4.78, 5) is 36.9. The van der Waals surface area contributed by atoms with Gasteiger partial charge in [-0.2, -0.15) is 10.2 Å². The summed E-state index contributed by atoms with van der Waals surface area (Å²) in [6.45, 7) is 0.481. The van der Waals surface area contributed by atoms with E-state index in [1.54, 1.807) is 47.3 Å². The second kappa shape index (κ2) is 10.6. The van der Waals surface area contributed by atoms with Gasteiger partial charge in [0.2, 0.25) is 0 Å². The van der Waals surface area contributed by atoms with Crippen LogP contribution >= 0.6 is 0 Å². The maximum absolute atomic E-state index is 12.6. The van der Waals surface area contributed by atoms with E-state index in [1.165, 1.54) is 29.5 Å². The molecule has 0 aliphatic heterocycles. The Hall–Kier alpha value is -5.25. The minimum atomic E-state index is -0.301. The number of nitrogens with zero attached hydrogens (tertiary/aromatic N) is 4. The Kier molecular flexibility index (Phi) is 6.71. The third kappa shape index (κ3) is 5.54. The molecule has 0 aliphatic carbocycles. The molecule has 3 heterocycles. The molecule has 184 valence electrons. The fourth-order valence-electron chi connectivity index (χ4n) is 3.64. The maximum atomic E-state index is 12.6. The van der Waals surface area contributed by atoms with Crippen LogP contribution in [-0.2, 0) is 6.54 Å². The van der Waals surface area contributed by atoms with Crippen LogP contribution in [0.25, 0.3) is 16.9 Å². The van der Waals surface area contributed by atoms with Gasteiger partial charge in [-0.15, -0.1) is 0 Å². The monoisotopic (exact) mass is 494 g/mol. The first-order valence-electron chi connectivity index (χ1n) is 11.5. The Labute approximate surface area is 211 Å². The van der Waals surface area contributed by atoms with Crippen LogP contribution in [0.2, 0.25) is 0 Å². The fraction of sp³-hybridized carbons (Fsp3) is 0.0741. The molecule has 0 fully saturated rings. The molecule has 10 nitrogen and oxygen atoms in total. The van der Waals surface area contributed by atoms with Crippen LogP contribution in [0.15, 0.2) is 107 Å². The van der Waals surface area contributed by atoms with Gasteiger partial charge < -0.3 is 15.1 Å². The quantitative estimate of drug-likeness (QED) is 0.341. The number of hydrogen-bond acceptors (Lipinski definition) is 6. The minimum absolute atomic E-state index is 0.238. The van der Waals surface area contributed by atoms with E-state index in [-0.39, 0.29) is 30.5 Å². The van der Waals surface area contributed by atoms with E-state index in [9.17, 15) is 14.4 Å². The van der Waals surface area contributed by atoms with E-state index >= 15 is 0 Å². The number of benzene rings is 2. The predicted molar refractivity (Wildman–Crippen MR) is 136 cm³/mol. The molecule has 2 N–H and O–H groups in total. The van der Waals surface area contributed by atoms with Gasteiger partial charge in [-0.3, -0.25) is 14.4 Å². The number of furan rings is 1. The number of carbonyl (C=O) groups excluding carboxylic acids is 2. The van der Waals surface area contributed by atoms with Gasteiger partial charge in [-0.25, -0.2) is 9.36 Å². The van der Waals surface area contributed by atoms with Gasteiger partial charge in [0.25, 0.3) is 17.4 Å². The first-order chi connectivity index (χ1) is 18.1. The number of rotatable bonds is 8. The lowest BCUT2D eigenvalue weighted by molar-refractivity contribution is 0.0951. The third-order valence-electron chi connectivity index (χ3n) is 5.56. The van der Waals surface area contributed by atoms with E-state index in [0.29, 0.717) is 28.2 Å². The molecule has 0 saturated heterocycles. The standard InChI is InChI=1S/C27H22N6O4/c34-25-11-10-24(19-4-2-1-3-5-19)31-32(25)14-13-28-26(35)20-6-8-23(9-7-20)33-17-22(16-29-33)30-27(36)21-12-15-37-18-21/h1-12,15-18H,13-14H2,(H,28,35)(H,30,36). The van der Waals surface area contributed by atoms with E-state index in [4.69, 9.17) is 4.42 Å². The van der Waals surface area contributed by atoms with Gasteiger partial charge in [0.1, 0.15) is 6.26 Å². The number of hydrogen-bond donors (Lipinski definition) is 2.